The van der Waals surface area contributed by atoms with E-state index < -0.39 is 24.1 Å². The van der Waals surface area contributed by atoms with E-state index in [0.29, 0.717) is 12.8 Å². The summed E-state index contributed by atoms with van der Waals surface area (Å²) in [6.45, 7) is 5.90. The van der Waals surface area contributed by atoms with Crippen molar-refractivity contribution in [2.24, 2.45) is 5.92 Å². The summed E-state index contributed by atoms with van der Waals surface area (Å²) >= 11 is 0. The van der Waals surface area contributed by atoms with Gasteiger partial charge in [-0.2, -0.15) is 0 Å². The van der Waals surface area contributed by atoms with Crippen molar-refractivity contribution in [3.05, 3.63) is 59.7 Å². The number of carboxylic acids is 1. The zero-order valence-electron chi connectivity index (χ0n) is 20.0. The summed E-state index contributed by atoms with van der Waals surface area (Å²) in [6, 6.07) is 14.9. The van der Waals surface area contributed by atoms with Crippen molar-refractivity contribution in [1.82, 2.24) is 10.6 Å². The third kappa shape index (κ3) is 5.95. The predicted octanol–water partition coefficient (Wildman–Crippen LogP) is 4.70. The van der Waals surface area contributed by atoms with Gasteiger partial charge in [-0.1, -0.05) is 82.1 Å². The molecule has 3 N–H and O–H groups in total. The molecule has 0 fully saturated rings. The number of aliphatic carboxylic acids is 1. The van der Waals surface area contributed by atoms with Gasteiger partial charge in [-0.05, 0) is 34.6 Å². The van der Waals surface area contributed by atoms with Crippen LogP contribution in [-0.4, -0.2) is 41.8 Å². The molecule has 2 amide bonds. The molecule has 34 heavy (non-hydrogen) atoms. The quantitative estimate of drug-likeness (QED) is 0.445. The molecule has 1 unspecified atom stereocenters. The smallest absolute Gasteiger partial charge is 0.407 e. The maximum absolute atomic E-state index is 13.0. The molecular weight excluding hydrogens is 432 g/mol. The number of carboxylic acid groups (broad SMARTS) is 1. The zero-order valence-corrected chi connectivity index (χ0v) is 20.0. The zero-order chi connectivity index (χ0) is 24.7. The summed E-state index contributed by atoms with van der Waals surface area (Å²) < 4.78 is 5.61. The van der Waals surface area contributed by atoms with Gasteiger partial charge in [0.05, 0.1) is 6.42 Å². The summed E-state index contributed by atoms with van der Waals surface area (Å²) in [5, 5.41) is 14.7. The first-order valence-electron chi connectivity index (χ1n) is 12.0. The van der Waals surface area contributed by atoms with E-state index in [-0.39, 0.29) is 30.8 Å². The Morgan fingerprint density at radius 2 is 1.56 bits per heavy atom. The fourth-order valence-corrected chi connectivity index (χ4v) is 4.54. The van der Waals surface area contributed by atoms with Crippen LogP contribution in [0.2, 0.25) is 0 Å². The number of amides is 2. The number of hydrogen-bond acceptors (Lipinski definition) is 4. The number of nitrogens with one attached hydrogen (secondary N) is 2. The lowest BCUT2D eigenvalue weighted by molar-refractivity contribution is -0.137. The number of hydrogen-bond donors (Lipinski definition) is 3. The highest BCUT2D eigenvalue weighted by atomic mass is 16.5. The van der Waals surface area contributed by atoms with Crippen molar-refractivity contribution in [2.45, 2.75) is 64.5 Å². The Labute approximate surface area is 200 Å². The molecule has 0 spiro atoms. The van der Waals surface area contributed by atoms with E-state index >= 15 is 0 Å². The van der Waals surface area contributed by atoms with Crippen molar-refractivity contribution in [2.75, 3.05) is 6.61 Å². The standard InChI is InChI=1S/C27H34N2O5/c1-4-10-18(15-24(30)31)28-26(32)25(17(3)5-2)29-27(33)34-16-23-21-13-8-6-11-19(21)20-12-7-9-14-22(20)23/h6-9,11-14,17-18,23,25H,4-5,10,15-16H2,1-3H3,(H,28,32)(H,29,33)(H,30,31)/t17-,18?,25-/m0/s1. The van der Waals surface area contributed by atoms with Gasteiger partial charge in [-0.3, -0.25) is 9.59 Å². The van der Waals surface area contributed by atoms with Crippen LogP contribution in [0.3, 0.4) is 0 Å². The molecule has 3 rings (SSSR count). The van der Waals surface area contributed by atoms with E-state index in [1.807, 2.05) is 57.2 Å². The second-order valence-electron chi connectivity index (χ2n) is 8.93. The van der Waals surface area contributed by atoms with Gasteiger partial charge in [0.1, 0.15) is 12.6 Å². The van der Waals surface area contributed by atoms with Crippen molar-refractivity contribution in [1.29, 1.82) is 0 Å². The number of carbonyl (C=O) groups is 3. The lowest BCUT2D eigenvalue weighted by Crippen LogP contribution is -2.53. The van der Waals surface area contributed by atoms with Crippen LogP contribution in [0.4, 0.5) is 4.79 Å². The third-order valence-corrected chi connectivity index (χ3v) is 6.52. The summed E-state index contributed by atoms with van der Waals surface area (Å²) in [5.41, 5.74) is 4.52. The number of fused-ring (bicyclic) bond motifs is 3. The van der Waals surface area contributed by atoms with Gasteiger partial charge in [0, 0.05) is 12.0 Å². The molecular formula is C27H34N2O5. The lowest BCUT2D eigenvalue weighted by Gasteiger charge is -2.26. The van der Waals surface area contributed by atoms with Gasteiger partial charge in [-0.25, -0.2) is 4.79 Å². The van der Waals surface area contributed by atoms with Crippen LogP contribution in [0.15, 0.2) is 48.5 Å². The van der Waals surface area contributed by atoms with Crippen molar-refractivity contribution in [3.8, 4) is 11.1 Å². The highest BCUT2D eigenvalue weighted by Gasteiger charge is 2.31. The van der Waals surface area contributed by atoms with Gasteiger partial charge in [0.2, 0.25) is 5.91 Å². The minimum atomic E-state index is -0.969. The SMILES string of the molecule is CCCC(CC(=O)O)NC(=O)[C@@H](NC(=O)OCC1c2ccccc2-c2ccccc21)[C@@H](C)CC. The highest BCUT2D eigenvalue weighted by Crippen LogP contribution is 2.44. The van der Waals surface area contributed by atoms with Crippen LogP contribution in [0.1, 0.15) is 63.5 Å². The number of carbonyl (C=O) groups excluding carboxylic acids is 2. The average Bonchev–Trinajstić information content (AvgIpc) is 3.14. The third-order valence-electron chi connectivity index (χ3n) is 6.52. The summed E-state index contributed by atoms with van der Waals surface area (Å²) in [5.74, 6) is -1.57. The van der Waals surface area contributed by atoms with Crippen molar-refractivity contribution < 1.29 is 24.2 Å². The topological polar surface area (TPSA) is 105 Å². The summed E-state index contributed by atoms with van der Waals surface area (Å²) in [6.07, 6.45) is 1.15. The molecule has 0 heterocycles. The minimum Gasteiger partial charge on any atom is -0.481 e. The molecule has 1 aliphatic rings. The highest BCUT2D eigenvalue weighted by molar-refractivity contribution is 5.86. The Hall–Kier alpha value is -3.35. The summed E-state index contributed by atoms with van der Waals surface area (Å²) in [7, 11) is 0. The van der Waals surface area contributed by atoms with Crippen molar-refractivity contribution >= 4 is 18.0 Å². The first-order chi connectivity index (χ1) is 16.3. The molecule has 0 aromatic heterocycles. The maximum Gasteiger partial charge on any atom is 0.407 e. The molecule has 2 aromatic rings. The summed E-state index contributed by atoms with van der Waals surface area (Å²) in [4.78, 5) is 36.8. The molecule has 7 heteroatoms. The average molecular weight is 467 g/mol. The van der Waals surface area contributed by atoms with E-state index in [0.717, 1.165) is 28.7 Å². The monoisotopic (exact) mass is 466 g/mol. The normalized spacial score (nSPS) is 14.9. The van der Waals surface area contributed by atoms with Crippen molar-refractivity contribution in [3.63, 3.8) is 0 Å². The molecule has 182 valence electrons. The largest absolute Gasteiger partial charge is 0.481 e. The number of alkyl carbamates (subject to hydrolysis) is 1. The Balaban J connectivity index is 1.66. The van der Waals surface area contributed by atoms with Crippen LogP contribution in [-0.2, 0) is 14.3 Å². The van der Waals surface area contributed by atoms with Gasteiger partial charge >= 0.3 is 12.1 Å². The molecule has 0 radical (unpaired) electrons. The predicted molar refractivity (Wildman–Crippen MR) is 131 cm³/mol. The molecule has 0 bridgehead atoms. The van der Waals surface area contributed by atoms with E-state index in [1.54, 1.807) is 0 Å². The Bertz CT molecular complexity index is 976. The maximum atomic E-state index is 13.0. The Morgan fingerprint density at radius 3 is 2.09 bits per heavy atom. The number of ether oxygens (including phenoxy) is 1. The number of benzene rings is 2. The fourth-order valence-electron chi connectivity index (χ4n) is 4.54. The first kappa shape index (κ1) is 25.3. The lowest BCUT2D eigenvalue weighted by atomic mass is 9.97. The van der Waals surface area contributed by atoms with Gasteiger partial charge < -0.3 is 20.5 Å². The second-order valence-corrected chi connectivity index (χ2v) is 8.93. The van der Waals surface area contributed by atoms with Gasteiger partial charge in [0.15, 0.2) is 0 Å². The molecule has 0 aliphatic heterocycles. The first-order valence-corrected chi connectivity index (χ1v) is 12.0. The van der Waals surface area contributed by atoms with E-state index in [9.17, 15) is 14.4 Å². The van der Waals surface area contributed by atoms with Crippen LogP contribution in [0.25, 0.3) is 11.1 Å². The van der Waals surface area contributed by atoms with Crippen LogP contribution in [0, 0.1) is 5.92 Å². The van der Waals surface area contributed by atoms with E-state index in [1.165, 1.54) is 0 Å². The molecule has 1 aliphatic carbocycles. The molecule has 3 atom stereocenters. The van der Waals surface area contributed by atoms with Gasteiger partial charge in [0.25, 0.3) is 0 Å². The van der Waals surface area contributed by atoms with Crippen LogP contribution in [0.5, 0.6) is 0 Å². The van der Waals surface area contributed by atoms with Gasteiger partial charge in [-0.15, -0.1) is 0 Å². The van der Waals surface area contributed by atoms with Crippen LogP contribution >= 0.6 is 0 Å². The molecule has 7 nitrogen and oxygen atoms in total. The minimum absolute atomic E-state index is 0.0708. The molecule has 0 saturated carbocycles. The molecule has 0 saturated heterocycles. The fraction of sp³-hybridized carbons (Fsp3) is 0.444. The Kier molecular flexibility index (Phi) is 8.68. The second kappa shape index (κ2) is 11.7. The Morgan fingerprint density at radius 1 is 0.971 bits per heavy atom. The number of rotatable bonds is 11. The van der Waals surface area contributed by atoms with Crippen LogP contribution < -0.4 is 10.6 Å². The molecule has 2 aromatic carbocycles. The van der Waals surface area contributed by atoms with E-state index in [2.05, 4.69) is 22.8 Å². The van der Waals surface area contributed by atoms with E-state index in [4.69, 9.17) is 9.84 Å².